The van der Waals surface area contributed by atoms with E-state index in [0.29, 0.717) is 18.4 Å². The van der Waals surface area contributed by atoms with Crippen LogP contribution in [-0.4, -0.2) is 42.6 Å². The smallest absolute Gasteiger partial charge is 0.226 e. The van der Waals surface area contributed by atoms with Gasteiger partial charge in [-0.2, -0.15) is 4.98 Å². The van der Waals surface area contributed by atoms with Crippen LogP contribution in [-0.2, 0) is 0 Å². The Hall–Kier alpha value is -1.85. The highest BCUT2D eigenvalue weighted by Gasteiger charge is 2.17. The molecule has 0 saturated heterocycles. The molecule has 0 aliphatic carbocycles. The molecular weight excluding hydrogens is 288 g/mol. The zero-order chi connectivity index (χ0) is 15.2. The molecule has 0 aliphatic heterocycles. The van der Waals surface area contributed by atoms with Crippen molar-refractivity contribution in [3.05, 3.63) is 47.1 Å². The van der Waals surface area contributed by atoms with Crippen molar-refractivity contribution in [2.24, 2.45) is 0 Å². The van der Waals surface area contributed by atoms with Crippen LogP contribution in [0.3, 0.4) is 0 Å². The number of ether oxygens (including phenoxy) is 1. The summed E-state index contributed by atoms with van der Waals surface area (Å²) >= 11 is 6.29. The van der Waals surface area contributed by atoms with Crippen LogP contribution in [0.1, 0.15) is 11.6 Å². The number of halogens is 1. The SMILES string of the molecule is COc1ccnc(NC[C@@H](c2ccccc2Cl)N(C)C)n1. The largest absolute Gasteiger partial charge is 0.481 e. The lowest BCUT2D eigenvalue weighted by molar-refractivity contribution is 0.311. The van der Waals surface area contributed by atoms with E-state index in [1.54, 1.807) is 19.4 Å². The predicted octanol–water partition coefficient (Wildman–Crippen LogP) is 2.85. The van der Waals surface area contributed by atoms with E-state index in [2.05, 4.69) is 20.2 Å². The summed E-state index contributed by atoms with van der Waals surface area (Å²) in [6.45, 7) is 0.643. The van der Waals surface area contributed by atoms with Crippen LogP contribution < -0.4 is 10.1 Å². The molecule has 1 aromatic carbocycles. The quantitative estimate of drug-likeness (QED) is 0.889. The zero-order valence-corrected chi connectivity index (χ0v) is 13.1. The molecule has 1 heterocycles. The Balaban J connectivity index is 2.12. The second kappa shape index (κ2) is 7.24. The molecule has 0 saturated carbocycles. The molecule has 0 bridgehead atoms. The molecule has 6 heteroatoms. The third-order valence-electron chi connectivity index (χ3n) is 3.18. The molecule has 0 radical (unpaired) electrons. The van der Waals surface area contributed by atoms with Gasteiger partial charge in [0.05, 0.1) is 13.2 Å². The lowest BCUT2D eigenvalue weighted by Crippen LogP contribution is -2.27. The van der Waals surface area contributed by atoms with Crippen molar-refractivity contribution in [3.8, 4) is 5.88 Å². The number of methoxy groups -OCH3 is 1. The Bertz CT molecular complexity index is 591. The van der Waals surface area contributed by atoms with Crippen LogP contribution in [0.2, 0.25) is 5.02 Å². The first-order valence-corrected chi connectivity index (χ1v) is 7.01. The van der Waals surface area contributed by atoms with E-state index in [1.807, 2.05) is 38.4 Å². The van der Waals surface area contributed by atoms with Gasteiger partial charge >= 0.3 is 0 Å². The number of hydrogen-bond donors (Lipinski definition) is 1. The first-order valence-electron chi connectivity index (χ1n) is 6.63. The van der Waals surface area contributed by atoms with Crippen LogP contribution in [0, 0.1) is 0 Å². The molecule has 2 rings (SSSR count). The Morgan fingerprint density at radius 2 is 2.05 bits per heavy atom. The van der Waals surface area contributed by atoms with Crippen molar-refractivity contribution in [2.75, 3.05) is 33.1 Å². The Morgan fingerprint density at radius 3 is 2.71 bits per heavy atom. The second-order valence-corrected chi connectivity index (χ2v) is 5.21. The van der Waals surface area contributed by atoms with Crippen molar-refractivity contribution in [1.82, 2.24) is 14.9 Å². The number of rotatable bonds is 6. The fourth-order valence-corrected chi connectivity index (χ4v) is 2.31. The molecule has 1 atom stereocenters. The van der Waals surface area contributed by atoms with E-state index in [4.69, 9.17) is 16.3 Å². The molecule has 1 aromatic heterocycles. The van der Waals surface area contributed by atoms with Crippen molar-refractivity contribution in [3.63, 3.8) is 0 Å². The minimum atomic E-state index is 0.119. The van der Waals surface area contributed by atoms with Gasteiger partial charge in [0.1, 0.15) is 0 Å². The number of nitrogens with zero attached hydrogens (tertiary/aromatic N) is 3. The van der Waals surface area contributed by atoms with Crippen molar-refractivity contribution < 1.29 is 4.74 Å². The maximum absolute atomic E-state index is 6.29. The van der Waals surface area contributed by atoms with Gasteiger partial charge in [-0.05, 0) is 25.7 Å². The van der Waals surface area contributed by atoms with E-state index in [9.17, 15) is 0 Å². The molecule has 0 amide bonds. The monoisotopic (exact) mass is 306 g/mol. The Labute approximate surface area is 129 Å². The number of anilines is 1. The van der Waals surface area contributed by atoms with Gasteiger partial charge in [-0.3, -0.25) is 0 Å². The summed E-state index contributed by atoms with van der Waals surface area (Å²) in [5.74, 6) is 1.07. The van der Waals surface area contributed by atoms with E-state index >= 15 is 0 Å². The van der Waals surface area contributed by atoms with Gasteiger partial charge in [0.2, 0.25) is 11.8 Å². The topological polar surface area (TPSA) is 50.3 Å². The lowest BCUT2D eigenvalue weighted by Gasteiger charge is -2.26. The summed E-state index contributed by atoms with van der Waals surface area (Å²) in [5, 5.41) is 3.98. The zero-order valence-electron chi connectivity index (χ0n) is 12.4. The predicted molar refractivity (Wildman–Crippen MR) is 85.0 cm³/mol. The third kappa shape index (κ3) is 4.06. The first-order chi connectivity index (χ1) is 10.1. The van der Waals surface area contributed by atoms with Crippen LogP contribution >= 0.6 is 11.6 Å². The number of likely N-dealkylation sites (N-methyl/N-ethyl adjacent to an activating group) is 1. The normalized spacial score (nSPS) is 12.2. The minimum Gasteiger partial charge on any atom is -0.481 e. The van der Waals surface area contributed by atoms with Gasteiger partial charge in [0, 0.05) is 23.8 Å². The highest BCUT2D eigenvalue weighted by Crippen LogP contribution is 2.26. The summed E-state index contributed by atoms with van der Waals surface area (Å²) in [7, 11) is 5.61. The van der Waals surface area contributed by atoms with Gasteiger partial charge < -0.3 is 15.0 Å². The van der Waals surface area contributed by atoms with E-state index in [1.165, 1.54) is 0 Å². The Morgan fingerprint density at radius 1 is 1.29 bits per heavy atom. The molecule has 0 spiro atoms. The maximum Gasteiger partial charge on any atom is 0.226 e. The second-order valence-electron chi connectivity index (χ2n) is 4.80. The molecule has 0 fully saturated rings. The summed E-state index contributed by atoms with van der Waals surface area (Å²) < 4.78 is 5.09. The van der Waals surface area contributed by atoms with Crippen molar-refractivity contribution >= 4 is 17.5 Å². The molecule has 2 aromatic rings. The molecule has 0 aliphatic rings. The van der Waals surface area contributed by atoms with E-state index in [-0.39, 0.29) is 6.04 Å². The standard InChI is InChI=1S/C15H19ClN4O/c1-20(2)13(11-6-4-5-7-12(11)16)10-18-15-17-9-8-14(19-15)21-3/h4-9,13H,10H2,1-3H3,(H,17,18,19)/t13-/m0/s1. The Kier molecular flexibility index (Phi) is 5.36. The van der Waals surface area contributed by atoms with Crippen molar-refractivity contribution in [2.45, 2.75) is 6.04 Å². The van der Waals surface area contributed by atoms with Gasteiger partial charge in [-0.1, -0.05) is 29.8 Å². The van der Waals surface area contributed by atoms with Gasteiger partial charge in [-0.25, -0.2) is 4.98 Å². The molecule has 21 heavy (non-hydrogen) atoms. The number of aromatic nitrogens is 2. The summed E-state index contributed by atoms with van der Waals surface area (Å²) in [5.41, 5.74) is 1.07. The van der Waals surface area contributed by atoms with Crippen LogP contribution in [0.5, 0.6) is 5.88 Å². The first kappa shape index (κ1) is 15.5. The highest BCUT2D eigenvalue weighted by molar-refractivity contribution is 6.31. The molecule has 1 N–H and O–H groups in total. The lowest BCUT2D eigenvalue weighted by atomic mass is 10.1. The van der Waals surface area contributed by atoms with Gasteiger partial charge in [0.15, 0.2) is 0 Å². The summed E-state index contributed by atoms with van der Waals surface area (Å²) in [4.78, 5) is 10.5. The van der Waals surface area contributed by atoms with E-state index in [0.717, 1.165) is 10.6 Å². The number of nitrogens with one attached hydrogen (secondary N) is 1. The number of hydrogen-bond acceptors (Lipinski definition) is 5. The highest BCUT2D eigenvalue weighted by atomic mass is 35.5. The van der Waals surface area contributed by atoms with Crippen LogP contribution in [0.25, 0.3) is 0 Å². The summed E-state index contributed by atoms with van der Waals surface area (Å²) in [6.07, 6.45) is 1.66. The number of benzene rings is 1. The fourth-order valence-electron chi connectivity index (χ4n) is 2.05. The summed E-state index contributed by atoms with van der Waals surface area (Å²) in [6, 6.07) is 9.67. The fraction of sp³-hybridized carbons (Fsp3) is 0.333. The average molecular weight is 307 g/mol. The molecular formula is C15H19ClN4O. The van der Waals surface area contributed by atoms with Gasteiger partial charge in [0.25, 0.3) is 0 Å². The maximum atomic E-state index is 6.29. The van der Waals surface area contributed by atoms with Crippen molar-refractivity contribution in [1.29, 1.82) is 0 Å². The van der Waals surface area contributed by atoms with Crippen LogP contribution in [0.15, 0.2) is 36.5 Å². The average Bonchev–Trinajstić information content (AvgIpc) is 2.49. The molecule has 112 valence electrons. The van der Waals surface area contributed by atoms with Gasteiger partial charge in [-0.15, -0.1) is 0 Å². The molecule has 5 nitrogen and oxygen atoms in total. The molecule has 0 unspecified atom stereocenters. The van der Waals surface area contributed by atoms with Crippen LogP contribution in [0.4, 0.5) is 5.95 Å². The minimum absolute atomic E-state index is 0.119. The van der Waals surface area contributed by atoms with E-state index < -0.39 is 0 Å². The third-order valence-corrected chi connectivity index (χ3v) is 3.52.